The number of aryl methyl sites for hydroxylation is 2. The number of carbonyl (C=O) groups excluding carboxylic acids is 1. The highest BCUT2D eigenvalue weighted by Gasteiger charge is 2.28. The monoisotopic (exact) mass is 326 g/mol. The number of aromatic nitrogens is 1. The molecule has 1 aliphatic rings. The molecule has 1 aliphatic heterocycles. The van der Waals surface area contributed by atoms with Gasteiger partial charge in [0.2, 0.25) is 0 Å². The quantitative estimate of drug-likeness (QED) is 0.932. The fourth-order valence-corrected chi connectivity index (χ4v) is 2.99. The number of anilines is 1. The third-order valence-corrected chi connectivity index (χ3v) is 4.39. The number of aliphatic carboxylic acids is 1. The van der Waals surface area contributed by atoms with Crippen molar-refractivity contribution in [2.24, 2.45) is 0 Å². The molecule has 0 saturated carbocycles. The average molecular weight is 326 g/mol. The van der Waals surface area contributed by atoms with E-state index in [0.717, 1.165) is 27.8 Å². The van der Waals surface area contributed by atoms with E-state index < -0.39 is 18.1 Å². The Kier molecular flexibility index (Phi) is 3.97. The average Bonchev–Trinajstić information content (AvgIpc) is 2.91. The minimum absolute atomic E-state index is 0.00942. The van der Waals surface area contributed by atoms with Crippen molar-refractivity contribution in [2.45, 2.75) is 26.8 Å². The predicted molar refractivity (Wildman–Crippen MR) is 89.6 cm³/mol. The summed E-state index contributed by atoms with van der Waals surface area (Å²) in [5.74, 6) is -1.51. The van der Waals surface area contributed by atoms with E-state index in [-0.39, 0.29) is 11.5 Å². The Morgan fingerprint density at radius 1 is 1.21 bits per heavy atom. The summed E-state index contributed by atoms with van der Waals surface area (Å²) in [4.78, 5) is 37.7. The van der Waals surface area contributed by atoms with Gasteiger partial charge in [0.15, 0.2) is 0 Å². The van der Waals surface area contributed by atoms with Gasteiger partial charge in [-0.25, -0.2) is 0 Å². The van der Waals surface area contributed by atoms with Crippen molar-refractivity contribution in [3.63, 3.8) is 0 Å². The number of benzene rings is 1. The molecule has 0 atom stereocenters. The molecule has 24 heavy (non-hydrogen) atoms. The van der Waals surface area contributed by atoms with Crippen LogP contribution in [-0.2, 0) is 17.8 Å². The molecule has 0 bridgehead atoms. The molecule has 124 valence electrons. The smallest absolute Gasteiger partial charge is 0.323 e. The number of pyridine rings is 1. The number of nitrogens with zero attached hydrogens (tertiary/aromatic N) is 2. The molecule has 1 aromatic heterocycles. The van der Waals surface area contributed by atoms with Crippen LogP contribution in [0.4, 0.5) is 5.69 Å². The summed E-state index contributed by atoms with van der Waals surface area (Å²) in [7, 11) is 0. The SMILES string of the molecule is Cc1cc2c(cc1C)N(C(=O)c1cccn(CC(=O)O)c1=O)CC2. The van der Waals surface area contributed by atoms with Gasteiger partial charge < -0.3 is 14.6 Å². The fraction of sp³-hybridized carbons (Fsp3) is 0.278. The summed E-state index contributed by atoms with van der Waals surface area (Å²) < 4.78 is 1.03. The van der Waals surface area contributed by atoms with Crippen molar-refractivity contribution in [1.82, 2.24) is 4.57 Å². The van der Waals surface area contributed by atoms with E-state index in [4.69, 9.17) is 5.11 Å². The second-order valence-corrected chi connectivity index (χ2v) is 6.02. The number of hydrogen-bond acceptors (Lipinski definition) is 3. The normalized spacial score (nSPS) is 13.0. The van der Waals surface area contributed by atoms with Gasteiger partial charge in [0.1, 0.15) is 12.1 Å². The number of rotatable bonds is 3. The van der Waals surface area contributed by atoms with Gasteiger partial charge in [0, 0.05) is 18.4 Å². The van der Waals surface area contributed by atoms with E-state index in [2.05, 4.69) is 6.07 Å². The van der Waals surface area contributed by atoms with Crippen LogP contribution < -0.4 is 10.5 Å². The lowest BCUT2D eigenvalue weighted by molar-refractivity contribution is -0.137. The number of hydrogen-bond donors (Lipinski definition) is 1. The zero-order valence-corrected chi connectivity index (χ0v) is 13.6. The Bertz CT molecular complexity index is 898. The van der Waals surface area contributed by atoms with Crippen LogP contribution in [-0.4, -0.2) is 28.1 Å². The summed E-state index contributed by atoms with van der Waals surface area (Å²) >= 11 is 0. The van der Waals surface area contributed by atoms with Gasteiger partial charge in [-0.2, -0.15) is 0 Å². The van der Waals surface area contributed by atoms with Crippen molar-refractivity contribution in [3.8, 4) is 0 Å². The minimum atomic E-state index is -1.13. The lowest BCUT2D eigenvalue weighted by atomic mass is 10.0. The van der Waals surface area contributed by atoms with E-state index in [0.29, 0.717) is 6.54 Å². The third-order valence-electron chi connectivity index (χ3n) is 4.39. The first-order chi connectivity index (χ1) is 11.4. The van der Waals surface area contributed by atoms with Crippen molar-refractivity contribution in [3.05, 3.63) is 63.1 Å². The van der Waals surface area contributed by atoms with Crippen LogP contribution in [0.2, 0.25) is 0 Å². The lowest BCUT2D eigenvalue weighted by Crippen LogP contribution is -2.36. The highest BCUT2D eigenvalue weighted by atomic mass is 16.4. The molecule has 6 heteroatoms. The zero-order valence-electron chi connectivity index (χ0n) is 13.6. The summed E-state index contributed by atoms with van der Waals surface area (Å²) in [5.41, 5.74) is 3.59. The topological polar surface area (TPSA) is 79.6 Å². The predicted octanol–water partition coefficient (Wildman–Crippen LogP) is 1.75. The number of amides is 1. The Hall–Kier alpha value is -2.89. The number of carbonyl (C=O) groups is 2. The molecule has 1 N–H and O–H groups in total. The number of carboxylic acid groups (broad SMARTS) is 1. The fourth-order valence-electron chi connectivity index (χ4n) is 2.99. The molecule has 0 aliphatic carbocycles. The maximum absolute atomic E-state index is 12.8. The van der Waals surface area contributed by atoms with Crippen molar-refractivity contribution >= 4 is 17.6 Å². The first-order valence-corrected chi connectivity index (χ1v) is 7.71. The van der Waals surface area contributed by atoms with Gasteiger partial charge >= 0.3 is 5.97 Å². The lowest BCUT2D eigenvalue weighted by Gasteiger charge is -2.18. The molecule has 2 heterocycles. The molecule has 3 rings (SSSR count). The molecule has 0 radical (unpaired) electrons. The molecule has 0 fully saturated rings. The van der Waals surface area contributed by atoms with Crippen molar-refractivity contribution in [1.29, 1.82) is 0 Å². The summed E-state index contributed by atoms with van der Waals surface area (Å²) in [6.45, 7) is 4.07. The van der Waals surface area contributed by atoms with E-state index in [1.54, 1.807) is 4.90 Å². The van der Waals surface area contributed by atoms with Crippen LogP contribution >= 0.6 is 0 Å². The van der Waals surface area contributed by atoms with E-state index in [9.17, 15) is 14.4 Å². The van der Waals surface area contributed by atoms with Gasteiger partial charge in [-0.3, -0.25) is 14.4 Å². The summed E-state index contributed by atoms with van der Waals surface area (Å²) in [5, 5.41) is 8.86. The maximum atomic E-state index is 12.8. The van der Waals surface area contributed by atoms with Gasteiger partial charge in [0.25, 0.3) is 11.5 Å². The Morgan fingerprint density at radius 2 is 1.92 bits per heavy atom. The highest BCUT2D eigenvalue weighted by Crippen LogP contribution is 2.31. The number of fused-ring (bicyclic) bond motifs is 1. The molecular formula is C18H18N2O4. The molecule has 0 spiro atoms. The Morgan fingerprint density at radius 3 is 2.62 bits per heavy atom. The van der Waals surface area contributed by atoms with Crippen molar-refractivity contribution < 1.29 is 14.7 Å². The molecular weight excluding hydrogens is 308 g/mol. The molecule has 0 unspecified atom stereocenters. The Balaban J connectivity index is 1.99. The molecule has 2 aromatic rings. The van der Waals surface area contributed by atoms with Crippen LogP contribution in [0.25, 0.3) is 0 Å². The van der Waals surface area contributed by atoms with Crippen LogP contribution in [0.15, 0.2) is 35.3 Å². The van der Waals surface area contributed by atoms with Crippen LogP contribution in [0.5, 0.6) is 0 Å². The van der Waals surface area contributed by atoms with Crippen LogP contribution in [0.1, 0.15) is 27.0 Å². The van der Waals surface area contributed by atoms with Crippen LogP contribution in [0, 0.1) is 13.8 Å². The first kappa shape index (κ1) is 16.0. The largest absolute Gasteiger partial charge is 0.480 e. The highest BCUT2D eigenvalue weighted by molar-refractivity contribution is 6.07. The molecule has 6 nitrogen and oxygen atoms in total. The van der Waals surface area contributed by atoms with Gasteiger partial charge in [-0.05, 0) is 55.2 Å². The summed E-state index contributed by atoms with van der Waals surface area (Å²) in [6, 6.07) is 7.01. The minimum Gasteiger partial charge on any atom is -0.480 e. The van der Waals surface area contributed by atoms with E-state index in [1.807, 2.05) is 19.9 Å². The molecule has 1 amide bonds. The number of carboxylic acids is 1. The van der Waals surface area contributed by atoms with E-state index >= 15 is 0 Å². The zero-order chi connectivity index (χ0) is 17.4. The molecule has 1 aromatic carbocycles. The Labute approximate surface area is 139 Å². The van der Waals surface area contributed by atoms with E-state index in [1.165, 1.54) is 23.9 Å². The van der Waals surface area contributed by atoms with Crippen molar-refractivity contribution in [2.75, 3.05) is 11.4 Å². The summed E-state index contributed by atoms with van der Waals surface area (Å²) in [6.07, 6.45) is 2.12. The second-order valence-electron chi connectivity index (χ2n) is 6.02. The second kappa shape index (κ2) is 5.96. The van der Waals surface area contributed by atoms with Gasteiger partial charge in [0.05, 0.1) is 0 Å². The van der Waals surface area contributed by atoms with Crippen LogP contribution in [0.3, 0.4) is 0 Å². The third kappa shape index (κ3) is 2.71. The molecule has 0 saturated heterocycles. The maximum Gasteiger partial charge on any atom is 0.323 e. The first-order valence-electron chi connectivity index (χ1n) is 7.71. The standard InChI is InChI=1S/C18H18N2O4/c1-11-8-13-5-7-20(15(13)9-12(11)2)18(24)14-4-3-6-19(17(14)23)10-16(21)22/h3-4,6,8-9H,5,7,10H2,1-2H3,(H,21,22). The van der Waals surface area contributed by atoms with Gasteiger partial charge in [-0.1, -0.05) is 6.07 Å². The van der Waals surface area contributed by atoms with Gasteiger partial charge in [-0.15, -0.1) is 0 Å².